The van der Waals surface area contributed by atoms with E-state index in [-0.39, 0.29) is 18.7 Å². The highest BCUT2D eigenvalue weighted by Crippen LogP contribution is 2.45. The van der Waals surface area contributed by atoms with Gasteiger partial charge in [0, 0.05) is 6.42 Å². The van der Waals surface area contributed by atoms with Crippen LogP contribution in [0, 0.1) is 0 Å². The number of Topliss-reactive ketones (excluding diaryl/α,β-unsaturated/α-hetero) is 1. The maximum atomic E-state index is 12.7. The summed E-state index contributed by atoms with van der Waals surface area (Å²) >= 11 is 0. The summed E-state index contributed by atoms with van der Waals surface area (Å²) in [7, 11) is 0.980. The lowest BCUT2D eigenvalue weighted by molar-refractivity contribution is -0.872. The summed E-state index contributed by atoms with van der Waals surface area (Å²) < 4.78 is 22.4. The molecule has 214 valence electrons. The van der Waals surface area contributed by atoms with E-state index in [4.69, 9.17) is 14.2 Å². The number of hydrogen-bond acceptors (Lipinski definition) is 6. The molecule has 3 N–H and O–H groups in total. The van der Waals surface area contributed by atoms with Crippen molar-refractivity contribution in [1.29, 1.82) is 0 Å². The number of allylic oxidation sites excluding steroid dienone is 8. The van der Waals surface area contributed by atoms with Crippen LogP contribution in [0.15, 0.2) is 48.6 Å². The SMILES string of the molecule is CCCCC/C=C\C/C=C\C/C=C\C/C=C\CCCC(=O)C(C[N+](C)(C)C)OP(=O)(O)OC[C@H](O)CO. The second kappa shape index (κ2) is 21.5. The third-order valence-corrected chi connectivity index (χ3v) is 6.22. The summed E-state index contributed by atoms with van der Waals surface area (Å²) in [6.07, 6.45) is 24.0. The Morgan fingerprint density at radius 2 is 1.41 bits per heavy atom. The number of phosphoric acid groups is 1. The average Bonchev–Trinajstić information content (AvgIpc) is 2.82. The number of carbonyl (C=O) groups is 1. The Balaban J connectivity index is 4.30. The van der Waals surface area contributed by atoms with Crippen LogP contribution in [0.5, 0.6) is 0 Å². The van der Waals surface area contributed by atoms with Crippen molar-refractivity contribution in [2.75, 3.05) is 40.9 Å². The number of phosphoric ester groups is 1. The number of quaternary nitrogens is 1. The van der Waals surface area contributed by atoms with Crippen LogP contribution >= 0.6 is 7.82 Å². The number of ketones is 1. The van der Waals surface area contributed by atoms with E-state index in [1.165, 1.54) is 25.7 Å². The van der Waals surface area contributed by atoms with Crippen LogP contribution in [0.2, 0.25) is 0 Å². The predicted octanol–water partition coefficient (Wildman–Crippen LogP) is 5.26. The highest BCUT2D eigenvalue weighted by Gasteiger charge is 2.34. The monoisotopic (exact) mass is 544 g/mol. The van der Waals surface area contributed by atoms with Crippen molar-refractivity contribution >= 4 is 13.6 Å². The first-order valence-electron chi connectivity index (χ1n) is 13.4. The van der Waals surface area contributed by atoms with Crippen LogP contribution in [0.1, 0.15) is 71.1 Å². The molecule has 0 fully saturated rings. The normalized spacial score (nSPS) is 16.3. The molecule has 0 aliphatic heterocycles. The second-order valence-electron chi connectivity index (χ2n) is 10.1. The number of nitrogens with zero attached hydrogens (tertiary/aromatic N) is 1. The van der Waals surface area contributed by atoms with Gasteiger partial charge in [-0.2, -0.15) is 0 Å². The highest BCUT2D eigenvalue weighted by atomic mass is 31.2. The number of hydrogen-bond donors (Lipinski definition) is 3. The van der Waals surface area contributed by atoms with Crippen molar-refractivity contribution in [2.45, 2.75) is 83.3 Å². The zero-order valence-corrected chi connectivity index (χ0v) is 24.2. The predicted molar refractivity (Wildman–Crippen MR) is 150 cm³/mol. The molecule has 0 rings (SSSR count). The molecule has 37 heavy (non-hydrogen) atoms. The molecule has 0 aromatic rings. The van der Waals surface area contributed by atoms with E-state index < -0.39 is 33.2 Å². The Morgan fingerprint density at radius 3 is 1.89 bits per heavy atom. The Morgan fingerprint density at radius 1 is 0.892 bits per heavy atom. The van der Waals surface area contributed by atoms with Gasteiger partial charge in [0.05, 0.1) is 34.4 Å². The van der Waals surface area contributed by atoms with Gasteiger partial charge < -0.3 is 19.6 Å². The summed E-state index contributed by atoms with van der Waals surface area (Å²) in [5.41, 5.74) is 0. The number of carbonyl (C=O) groups excluding carboxylic acids is 1. The van der Waals surface area contributed by atoms with Gasteiger partial charge in [-0.3, -0.25) is 13.8 Å². The molecule has 0 bridgehead atoms. The van der Waals surface area contributed by atoms with Crippen molar-refractivity contribution in [3.63, 3.8) is 0 Å². The summed E-state index contributed by atoms with van der Waals surface area (Å²) in [4.78, 5) is 22.6. The van der Waals surface area contributed by atoms with Crippen molar-refractivity contribution in [3.05, 3.63) is 48.6 Å². The van der Waals surface area contributed by atoms with Crippen LogP contribution in [0.3, 0.4) is 0 Å². The maximum absolute atomic E-state index is 12.7. The van der Waals surface area contributed by atoms with Crippen molar-refractivity contribution in [2.24, 2.45) is 0 Å². The Bertz CT molecular complexity index is 756. The van der Waals surface area contributed by atoms with E-state index in [0.717, 1.165) is 25.7 Å². The molecule has 0 aliphatic carbocycles. The first kappa shape index (κ1) is 35.6. The second-order valence-corrected chi connectivity index (χ2v) is 11.5. The van der Waals surface area contributed by atoms with Crippen molar-refractivity contribution in [1.82, 2.24) is 0 Å². The quantitative estimate of drug-likeness (QED) is 0.0696. The van der Waals surface area contributed by atoms with Gasteiger partial charge in [0.25, 0.3) is 0 Å². The Hall–Kier alpha value is -1.38. The van der Waals surface area contributed by atoms with Gasteiger partial charge in [-0.15, -0.1) is 0 Å². The van der Waals surface area contributed by atoms with Crippen molar-refractivity contribution < 1.29 is 38.0 Å². The molecule has 0 spiro atoms. The molecule has 0 aromatic heterocycles. The molecule has 0 amide bonds. The summed E-state index contributed by atoms with van der Waals surface area (Å²) in [5, 5.41) is 18.1. The van der Waals surface area contributed by atoms with E-state index in [2.05, 4.69) is 49.5 Å². The summed E-state index contributed by atoms with van der Waals surface area (Å²) in [5.74, 6) is -0.274. The molecule has 0 aliphatic rings. The number of aliphatic hydroxyl groups is 2. The summed E-state index contributed by atoms with van der Waals surface area (Å²) in [6, 6.07) is 0. The lowest BCUT2D eigenvalue weighted by Gasteiger charge is -2.29. The molecule has 0 aromatic carbocycles. The standard InChI is InChI=1S/C28H50NO7P/c1-5-6-7-8-9-10-11-12-13-14-15-16-17-18-19-20-21-22-27(32)28(23-29(2,3)4)36-37(33,34)35-25-26(31)24-30/h9-10,12-13,15-16,18-19,26,28,30-31H,5-8,11,14,17,20-25H2,1-4H3/p+1/b10-9-,13-12-,16-15-,19-18-/t26-,28?/m1/s1. The lowest BCUT2D eigenvalue weighted by Crippen LogP contribution is -2.45. The average molecular weight is 545 g/mol. The van der Waals surface area contributed by atoms with Gasteiger partial charge in [0.2, 0.25) is 0 Å². The Labute approximate surface area is 224 Å². The van der Waals surface area contributed by atoms with E-state index in [1.54, 1.807) is 0 Å². The zero-order valence-electron chi connectivity index (χ0n) is 23.3. The van der Waals surface area contributed by atoms with Gasteiger partial charge in [0.15, 0.2) is 11.9 Å². The molecule has 0 saturated heterocycles. The first-order valence-corrected chi connectivity index (χ1v) is 14.9. The Kier molecular flexibility index (Phi) is 20.7. The third kappa shape index (κ3) is 23.5. The fourth-order valence-corrected chi connectivity index (χ4v) is 4.16. The maximum Gasteiger partial charge on any atom is 0.473 e. The zero-order chi connectivity index (χ0) is 28.0. The van der Waals surface area contributed by atoms with Gasteiger partial charge in [0.1, 0.15) is 12.6 Å². The van der Waals surface area contributed by atoms with E-state index in [9.17, 15) is 19.4 Å². The molecular formula is C28H51NO7P+. The van der Waals surface area contributed by atoms with Gasteiger partial charge >= 0.3 is 7.82 Å². The van der Waals surface area contributed by atoms with Gasteiger partial charge in [-0.25, -0.2) is 4.57 Å². The first-order chi connectivity index (χ1) is 17.5. The van der Waals surface area contributed by atoms with Crippen LogP contribution in [-0.4, -0.2) is 78.5 Å². The minimum Gasteiger partial charge on any atom is -0.394 e. The van der Waals surface area contributed by atoms with E-state index in [0.29, 0.717) is 10.9 Å². The van der Waals surface area contributed by atoms with E-state index in [1.807, 2.05) is 27.2 Å². The number of aliphatic hydroxyl groups excluding tert-OH is 2. The van der Waals surface area contributed by atoms with Gasteiger partial charge in [-0.05, 0) is 44.9 Å². The minimum atomic E-state index is -4.56. The lowest BCUT2D eigenvalue weighted by atomic mass is 10.1. The molecular weight excluding hydrogens is 493 g/mol. The largest absolute Gasteiger partial charge is 0.473 e. The van der Waals surface area contributed by atoms with Crippen LogP contribution in [-0.2, 0) is 18.4 Å². The number of unbranched alkanes of at least 4 members (excludes halogenated alkanes) is 4. The number of rotatable bonds is 23. The smallest absolute Gasteiger partial charge is 0.394 e. The minimum absolute atomic E-state index is 0.194. The number of likely N-dealkylation sites (N-methyl/N-ethyl adjacent to an activating group) is 1. The fourth-order valence-electron chi connectivity index (χ4n) is 3.23. The van der Waals surface area contributed by atoms with Crippen molar-refractivity contribution in [3.8, 4) is 0 Å². The topological polar surface area (TPSA) is 113 Å². The molecule has 8 nitrogen and oxygen atoms in total. The molecule has 0 heterocycles. The fraction of sp³-hybridized carbons (Fsp3) is 0.679. The molecule has 9 heteroatoms. The third-order valence-electron chi connectivity index (χ3n) is 5.23. The molecule has 0 radical (unpaired) electrons. The highest BCUT2D eigenvalue weighted by molar-refractivity contribution is 7.47. The molecule has 2 unspecified atom stereocenters. The molecule has 0 saturated carbocycles. The van der Waals surface area contributed by atoms with Crippen LogP contribution in [0.25, 0.3) is 0 Å². The summed E-state index contributed by atoms with van der Waals surface area (Å²) in [6.45, 7) is 1.23. The van der Waals surface area contributed by atoms with Gasteiger partial charge in [-0.1, -0.05) is 68.4 Å². The van der Waals surface area contributed by atoms with Crippen LogP contribution in [0.4, 0.5) is 0 Å². The molecule has 3 atom stereocenters. The van der Waals surface area contributed by atoms with E-state index >= 15 is 0 Å². The van der Waals surface area contributed by atoms with Crippen LogP contribution < -0.4 is 0 Å².